The molecule has 1 amide bonds. The number of nitrogens with two attached hydrogens (primary N) is 1. The zero-order valence-electron chi connectivity index (χ0n) is 10.9. The molecule has 1 atom stereocenters. The summed E-state index contributed by atoms with van der Waals surface area (Å²) in [6.45, 7) is 6.56. The Morgan fingerprint density at radius 3 is 2.78 bits per heavy atom. The summed E-state index contributed by atoms with van der Waals surface area (Å²) in [5.74, 6) is 0.240. The molecule has 1 aliphatic heterocycles. The van der Waals surface area contributed by atoms with Gasteiger partial charge in [-0.15, -0.1) is 23.7 Å². The first-order valence-electron chi connectivity index (χ1n) is 6.06. The van der Waals surface area contributed by atoms with Gasteiger partial charge in [-0.05, 0) is 37.4 Å². The van der Waals surface area contributed by atoms with Crippen molar-refractivity contribution < 1.29 is 4.79 Å². The number of carbonyl (C=O) groups is 1. The van der Waals surface area contributed by atoms with Gasteiger partial charge in [0.1, 0.15) is 0 Å². The summed E-state index contributed by atoms with van der Waals surface area (Å²) in [5, 5.41) is 0. The van der Waals surface area contributed by atoms with E-state index < -0.39 is 0 Å². The van der Waals surface area contributed by atoms with Crippen molar-refractivity contribution in [2.75, 3.05) is 19.6 Å². The second-order valence-electron chi connectivity index (χ2n) is 5.27. The van der Waals surface area contributed by atoms with E-state index in [1.54, 1.807) is 11.3 Å². The lowest BCUT2D eigenvalue weighted by Crippen LogP contribution is -2.35. The van der Waals surface area contributed by atoms with Gasteiger partial charge in [0.15, 0.2) is 0 Å². The standard InChI is InChI=1S/C13H20N2OS.ClH/c1-10-3-4-11(17-10)7-12(16)15-6-5-13(2,8-14)9-15;/h3-4H,5-9,14H2,1-2H3;1H. The number of hydrogen-bond acceptors (Lipinski definition) is 3. The number of amides is 1. The average molecular weight is 289 g/mol. The van der Waals surface area contributed by atoms with Crippen LogP contribution in [0.3, 0.4) is 0 Å². The Balaban J connectivity index is 0.00000162. The van der Waals surface area contributed by atoms with Gasteiger partial charge >= 0.3 is 0 Å². The molecule has 0 spiro atoms. The zero-order valence-corrected chi connectivity index (χ0v) is 12.6. The summed E-state index contributed by atoms with van der Waals surface area (Å²) in [5.41, 5.74) is 5.88. The van der Waals surface area contributed by atoms with Gasteiger partial charge in [0.25, 0.3) is 0 Å². The number of carbonyl (C=O) groups excluding carboxylic acids is 1. The van der Waals surface area contributed by atoms with Gasteiger partial charge in [0.2, 0.25) is 5.91 Å². The number of likely N-dealkylation sites (tertiary alicyclic amines) is 1. The fourth-order valence-electron chi connectivity index (χ4n) is 2.24. The minimum atomic E-state index is 0. The minimum absolute atomic E-state index is 0. The largest absolute Gasteiger partial charge is 0.342 e. The van der Waals surface area contributed by atoms with Crippen molar-refractivity contribution in [2.45, 2.75) is 26.7 Å². The van der Waals surface area contributed by atoms with Gasteiger partial charge < -0.3 is 10.6 Å². The highest BCUT2D eigenvalue weighted by molar-refractivity contribution is 7.12. The van der Waals surface area contributed by atoms with Crippen LogP contribution in [0.1, 0.15) is 23.1 Å². The molecule has 1 aliphatic rings. The molecule has 1 aromatic heterocycles. The molecule has 1 fully saturated rings. The van der Waals surface area contributed by atoms with E-state index in [1.807, 2.05) is 4.90 Å². The van der Waals surface area contributed by atoms with Gasteiger partial charge in [-0.25, -0.2) is 0 Å². The topological polar surface area (TPSA) is 46.3 Å². The second kappa shape index (κ2) is 6.04. The van der Waals surface area contributed by atoms with Crippen LogP contribution in [0.5, 0.6) is 0 Å². The zero-order chi connectivity index (χ0) is 12.5. The molecule has 18 heavy (non-hydrogen) atoms. The molecule has 2 heterocycles. The fraction of sp³-hybridized carbons (Fsp3) is 0.615. The number of hydrogen-bond donors (Lipinski definition) is 1. The molecule has 1 aromatic rings. The molecule has 1 saturated heterocycles. The van der Waals surface area contributed by atoms with Crippen LogP contribution in [0.15, 0.2) is 12.1 Å². The van der Waals surface area contributed by atoms with Crippen molar-refractivity contribution >= 4 is 29.7 Å². The first-order valence-corrected chi connectivity index (χ1v) is 6.87. The van der Waals surface area contributed by atoms with Crippen LogP contribution in [-0.2, 0) is 11.2 Å². The molecular formula is C13H21ClN2OS. The van der Waals surface area contributed by atoms with E-state index in [9.17, 15) is 4.79 Å². The first-order chi connectivity index (χ1) is 8.02. The van der Waals surface area contributed by atoms with E-state index in [-0.39, 0.29) is 23.7 Å². The van der Waals surface area contributed by atoms with Gasteiger partial charge in [-0.3, -0.25) is 4.79 Å². The summed E-state index contributed by atoms with van der Waals surface area (Å²) in [6, 6.07) is 4.12. The average Bonchev–Trinajstić information content (AvgIpc) is 2.86. The lowest BCUT2D eigenvalue weighted by molar-refractivity contribution is -0.129. The third kappa shape index (κ3) is 3.46. The normalized spacial score (nSPS) is 22.9. The molecule has 0 aliphatic carbocycles. The van der Waals surface area contributed by atoms with Crippen molar-refractivity contribution in [3.8, 4) is 0 Å². The Kier molecular flexibility index (Phi) is 5.20. The van der Waals surface area contributed by atoms with Crippen LogP contribution in [0.2, 0.25) is 0 Å². The van der Waals surface area contributed by atoms with E-state index in [4.69, 9.17) is 5.73 Å². The van der Waals surface area contributed by atoms with Crippen LogP contribution >= 0.6 is 23.7 Å². The van der Waals surface area contributed by atoms with Crippen molar-refractivity contribution in [3.05, 3.63) is 21.9 Å². The Hall–Kier alpha value is -0.580. The van der Waals surface area contributed by atoms with Crippen molar-refractivity contribution in [1.82, 2.24) is 4.90 Å². The maximum Gasteiger partial charge on any atom is 0.227 e. The molecule has 0 aromatic carbocycles. The number of aryl methyl sites for hydroxylation is 1. The molecule has 2 rings (SSSR count). The number of halogens is 1. The quantitative estimate of drug-likeness (QED) is 0.927. The molecule has 1 unspecified atom stereocenters. The SMILES string of the molecule is Cc1ccc(CC(=O)N2CCC(C)(CN)C2)s1.Cl. The molecule has 0 bridgehead atoms. The number of thiophene rings is 1. The van der Waals surface area contributed by atoms with Crippen molar-refractivity contribution in [1.29, 1.82) is 0 Å². The summed E-state index contributed by atoms with van der Waals surface area (Å²) in [6.07, 6.45) is 1.57. The summed E-state index contributed by atoms with van der Waals surface area (Å²) >= 11 is 1.71. The smallest absolute Gasteiger partial charge is 0.227 e. The monoisotopic (exact) mass is 288 g/mol. The lowest BCUT2D eigenvalue weighted by atomic mass is 9.90. The predicted octanol–water partition coefficient (Wildman–Crippen LogP) is 2.22. The van der Waals surface area contributed by atoms with Crippen LogP contribution < -0.4 is 5.73 Å². The predicted molar refractivity (Wildman–Crippen MR) is 78.4 cm³/mol. The third-order valence-electron chi connectivity index (χ3n) is 3.52. The highest BCUT2D eigenvalue weighted by Gasteiger charge is 2.34. The Morgan fingerprint density at radius 1 is 1.56 bits per heavy atom. The maximum absolute atomic E-state index is 12.1. The van der Waals surface area contributed by atoms with Crippen LogP contribution in [-0.4, -0.2) is 30.4 Å². The number of nitrogens with zero attached hydrogens (tertiary/aromatic N) is 1. The molecule has 2 N–H and O–H groups in total. The Bertz CT molecular complexity index is 421. The highest BCUT2D eigenvalue weighted by Crippen LogP contribution is 2.29. The summed E-state index contributed by atoms with van der Waals surface area (Å²) in [7, 11) is 0. The molecule has 5 heteroatoms. The van der Waals surface area contributed by atoms with E-state index in [1.165, 1.54) is 4.88 Å². The Labute approximate surface area is 119 Å². The lowest BCUT2D eigenvalue weighted by Gasteiger charge is -2.22. The van der Waals surface area contributed by atoms with Crippen LogP contribution in [0, 0.1) is 12.3 Å². The van der Waals surface area contributed by atoms with Gasteiger partial charge in [-0.2, -0.15) is 0 Å². The van der Waals surface area contributed by atoms with E-state index in [2.05, 4.69) is 26.0 Å². The van der Waals surface area contributed by atoms with E-state index >= 15 is 0 Å². The Morgan fingerprint density at radius 2 is 2.28 bits per heavy atom. The number of rotatable bonds is 3. The van der Waals surface area contributed by atoms with E-state index in [0.29, 0.717) is 13.0 Å². The molecular weight excluding hydrogens is 268 g/mol. The third-order valence-corrected chi connectivity index (χ3v) is 4.53. The summed E-state index contributed by atoms with van der Waals surface area (Å²) < 4.78 is 0. The summed E-state index contributed by atoms with van der Waals surface area (Å²) in [4.78, 5) is 16.5. The van der Waals surface area contributed by atoms with Crippen LogP contribution in [0.25, 0.3) is 0 Å². The fourth-order valence-corrected chi connectivity index (χ4v) is 3.13. The van der Waals surface area contributed by atoms with E-state index in [0.717, 1.165) is 24.4 Å². The maximum atomic E-state index is 12.1. The van der Waals surface area contributed by atoms with Crippen molar-refractivity contribution in [2.24, 2.45) is 11.1 Å². The molecule has 0 saturated carbocycles. The van der Waals surface area contributed by atoms with Gasteiger partial charge in [-0.1, -0.05) is 6.92 Å². The minimum Gasteiger partial charge on any atom is -0.342 e. The molecule has 0 radical (unpaired) electrons. The highest BCUT2D eigenvalue weighted by atomic mass is 35.5. The van der Waals surface area contributed by atoms with Crippen LogP contribution in [0.4, 0.5) is 0 Å². The molecule has 3 nitrogen and oxygen atoms in total. The first kappa shape index (κ1) is 15.5. The van der Waals surface area contributed by atoms with Crippen molar-refractivity contribution in [3.63, 3.8) is 0 Å². The second-order valence-corrected chi connectivity index (χ2v) is 6.64. The van der Waals surface area contributed by atoms with Gasteiger partial charge in [0.05, 0.1) is 6.42 Å². The van der Waals surface area contributed by atoms with Gasteiger partial charge in [0, 0.05) is 22.8 Å². The molecule has 102 valence electrons.